The van der Waals surface area contributed by atoms with Crippen molar-refractivity contribution in [3.63, 3.8) is 0 Å². The molecule has 2 amide bonds. The molecule has 0 spiro atoms. The molecule has 142 valence electrons. The molecule has 0 atom stereocenters. The summed E-state index contributed by atoms with van der Waals surface area (Å²) in [6, 6.07) is 21.5. The van der Waals surface area contributed by atoms with Crippen molar-refractivity contribution in [3.05, 3.63) is 88.4 Å². The molecule has 0 aromatic heterocycles. The third kappa shape index (κ3) is 5.44. The van der Waals surface area contributed by atoms with Gasteiger partial charge < -0.3 is 15.4 Å². The van der Waals surface area contributed by atoms with Crippen molar-refractivity contribution < 1.29 is 14.3 Å². The zero-order chi connectivity index (χ0) is 19.9. The Morgan fingerprint density at radius 1 is 0.893 bits per heavy atom. The molecular formula is C22H19BrN2O3. The van der Waals surface area contributed by atoms with Gasteiger partial charge in [0, 0.05) is 16.9 Å². The first-order valence-electron chi connectivity index (χ1n) is 8.66. The zero-order valence-corrected chi connectivity index (χ0v) is 16.8. The highest BCUT2D eigenvalue weighted by atomic mass is 79.9. The van der Waals surface area contributed by atoms with E-state index in [0.29, 0.717) is 22.7 Å². The van der Waals surface area contributed by atoms with E-state index in [2.05, 4.69) is 26.6 Å². The maximum absolute atomic E-state index is 12.2. The number of carbonyl (C=O) groups is 2. The number of amides is 2. The fourth-order valence-electron chi connectivity index (χ4n) is 2.53. The third-order valence-electron chi connectivity index (χ3n) is 3.89. The molecule has 2 N–H and O–H groups in total. The molecule has 3 aromatic carbocycles. The molecule has 0 unspecified atom stereocenters. The standard InChI is InChI=1S/C22H19BrN2O3/c1-15-10-11-20(19(23)12-15)28-14-21(26)24-17-8-5-9-18(13-17)25-22(27)16-6-3-2-4-7-16/h2-13H,14H2,1H3,(H,24,26)(H,25,27). The second kappa shape index (κ2) is 9.19. The van der Waals surface area contributed by atoms with Crippen LogP contribution in [0.5, 0.6) is 5.75 Å². The number of nitrogens with one attached hydrogen (secondary N) is 2. The van der Waals surface area contributed by atoms with E-state index in [-0.39, 0.29) is 18.4 Å². The second-order valence-electron chi connectivity index (χ2n) is 6.17. The fourth-order valence-corrected chi connectivity index (χ4v) is 3.14. The van der Waals surface area contributed by atoms with Crippen molar-refractivity contribution in [3.8, 4) is 5.75 Å². The van der Waals surface area contributed by atoms with Crippen molar-refractivity contribution in [1.82, 2.24) is 0 Å². The minimum absolute atomic E-state index is 0.123. The first kappa shape index (κ1) is 19.6. The average molecular weight is 439 g/mol. The molecule has 6 heteroatoms. The molecule has 3 rings (SSSR count). The topological polar surface area (TPSA) is 67.4 Å². The minimum Gasteiger partial charge on any atom is -0.483 e. The van der Waals surface area contributed by atoms with E-state index in [1.54, 1.807) is 48.5 Å². The third-order valence-corrected chi connectivity index (χ3v) is 4.51. The molecule has 0 aliphatic rings. The molecule has 0 saturated carbocycles. The first-order valence-corrected chi connectivity index (χ1v) is 9.46. The molecule has 0 heterocycles. The van der Waals surface area contributed by atoms with Crippen LogP contribution in [-0.4, -0.2) is 18.4 Å². The number of carbonyl (C=O) groups excluding carboxylic acids is 2. The van der Waals surface area contributed by atoms with E-state index in [1.807, 2.05) is 31.2 Å². The highest BCUT2D eigenvalue weighted by Crippen LogP contribution is 2.25. The lowest BCUT2D eigenvalue weighted by molar-refractivity contribution is -0.118. The normalized spacial score (nSPS) is 10.2. The number of rotatable bonds is 6. The molecule has 5 nitrogen and oxygen atoms in total. The largest absolute Gasteiger partial charge is 0.483 e. The van der Waals surface area contributed by atoms with Gasteiger partial charge in [0.15, 0.2) is 6.61 Å². The van der Waals surface area contributed by atoms with Crippen LogP contribution in [0, 0.1) is 6.92 Å². The van der Waals surface area contributed by atoms with Gasteiger partial charge in [0.2, 0.25) is 0 Å². The Kier molecular flexibility index (Phi) is 6.45. The van der Waals surface area contributed by atoms with Crippen molar-refractivity contribution in [1.29, 1.82) is 0 Å². The van der Waals surface area contributed by atoms with Crippen LogP contribution in [0.3, 0.4) is 0 Å². The van der Waals surface area contributed by atoms with E-state index >= 15 is 0 Å². The minimum atomic E-state index is -0.293. The zero-order valence-electron chi connectivity index (χ0n) is 15.2. The second-order valence-corrected chi connectivity index (χ2v) is 7.03. The summed E-state index contributed by atoms with van der Waals surface area (Å²) < 4.78 is 6.35. The van der Waals surface area contributed by atoms with Crippen LogP contribution < -0.4 is 15.4 Å². The van der Waals surface area contributed by atoms with Crippen molar-refractivity contribution in [2.24, 2.45) is 0 Å². The maximum atomic E-state index is 12.2. The molecule has 0 radical (unpaired) electrons. The summed E-state index contributed by atoms with van der Waals surface area (Å²) in [4.78, 5) is 24.4. The maximum Gasteiger partial charge on any atom is 0.262 e. The summed E-state index contributed by atoms with van der Waals surface area (Å²) in [6.07, 6.45) is 0. The Bertz CT molecular complexity index is 990. The molecule has 0 fully saturated rings. The lowest BCUT2D eigenvalue weighted by Crippen LogP contribution is -2.20. The summed E-state index contributed by atoms with van der Waals surface area (Å²) in [5.41, 5.74) is 2.82. The van der Waals surface area contributed by atoms with E-state index < -0.39 is 0 Å². The summed E-state index contributed by atoms with van der Waals surface area (Å²) in [7, 11) is 0. The van der Waals surface area contributed by atoms with Gasteiger partial charge in [0.05, 0.1) is 4.47 Å². The predicted octanol–water partition coefficient (Wildman–Crippen LogP) is 5.03. The van der Waals surface area contributed by atoms with Crippen LogP contribution in [0.25, 0.3) is 0 Å². The number of anilines is 2. The molecule has 3 aromatic rings. The summed E-state index contributed by atoms with van der Waals surface area (Å²) in [5, 5.41) is 5.58. The number of halogens is 1. The molecule has 0 bridgehead atoms. The highest BCUT2D eigenvalue weighted by molar-refractivity contribution is 9.10. The number of aryl methyl sites for hydroxylation is 1. The van der Waals surface area contributed by atoms with Gasteiger partial charge in [-0.3, -0.25) is 9.59 Å². The SMILES string of the molecule is Cc1ccc(OCC(=O)Nc2cccc(NC(=O)c3ccccc3)c2)c(Br)c1. The monoisotopic (exact) mass is 438 g/mol. The lowest BCUT2D eigenvalue weighted by atomic mass is 10.2. The van der Waals surface area contributed by atoms with Crippen molar-refractivity contribution >= 4 is 39.1 Å². The van der Waals surface area contributed by atoms with E-state index in [9.17, 15) is 9.59 Å². The number of ether oxygens (including phenoxy) is 1. The van der Waals surface area contributed by atoms with Crippen LogP contribution in [0.2, 0.25) is 0 Å². The summed E-state index contributed by atoms with van der Waals surface area (Å²) >= 11 is 3.42. The Balaban J connectivity index is 1.57. The number of hydrogen-bond acceptors (Lipinski definition) is 3. The summed E-state index contributed by atoms with van der Waals surface area (Å²) in [6.45, 7) is 1.85. The molecule has 28 heavy (non-hydrogen) atoms. The van der Waals surface area contributed by atoms with Crippen LogP contribution in [0.1, 0.15) is 15.9 Å². The van der Waals surface area contributed by atoms with Crippen molar-refractivity contribution in [2.75, 3.05) is 17.2 Å². The smallest absolute Gasteiger partial charge is 0.262 e. The van der Waals surface area contributed by atoms with Gasteiger partial charge in [-0.2, -0.15) is 0 Å². The predicted molar refractivity (Wildman–Crippen MR) is 114 cm³/mol. The Hall–Kier alpha value is -3.12. The Morgan fingerprint density at radius 3 is 2.32 bits per heavy atom. The fraction of sp³-hybridized carbons (Fsp3) is 0.0909. The number of hydrogen-bond donors (Lipinski definition) is 2. The quantitative estimate of drug-likeness (QED) is 0.567. The van der Waals surface area contributed by atoms with Crippen LogP contribution >= 0.6 is 15.9 Å². The summed E-state index contributed by atoms with van der Waals surface area (Å²) in [5.74, 6) is 0.0975. The number of benzene rings is 3. The van der Waals surface area contributed by atoms with Crippen LogP contribution in [0.15, 0.2) is 77.3 Å². The molecule has 0 saturated heterocycles. The van der Waals surface area contributed by atoms with Gasteiger partial charge in [0.25, 0.3) is 11.8 Å². The molecule has 0 aliphatic carbocycles. The van der Waals surface area contributed by atoms with E-state index in [0.717, 1.165) is 10.0 Å². The Labute approximate surface area is 171 Å². The highest BCUT2D eigenvalue weighted by Gasteiger charge is 2.09. The van der Waals surface area contributed by atoms with Gasteiger partial charge in [0.1, 0.15) is 5.75 Å². The average Bonchev–Trinajstić information content (AvgIpc) is 2.68. The van der Waals surface area contributed by atoms with Gasteiger partial charge >= 0.3 is 0 Å². The van der Waals surface area contributed by atoms with Gasteiger partial charge in [-0.05, 0) is 70.9 Å². The van der Waals surface area contributed by atoms with Crippen LogP contribution in [0.4, 0.5) is 11.4 Å². The first-order chi connectivity index (χ1) is 13.5. The van der Waals surface area contributed by atoms with Crippen molar-refractivity contribution in [2.45, 2.75) is 6.92 Å². The van der Waals surface area contributed by atoms with E-state index in [4.69, 9.17) is 4.74 Å². The van der Waals surface area contributed by atoms with Gasteiger partial charge in [-0.1, -0.05) is 30.3 Å². The van der Waals surface area contributed by atoms with E-state index in [1.165, 1.54) is 0 Å². The lowest BCUT2D eigenvalue weighted by Gasteiger charge is -2.11. The molecule has 0 aliphatic heterocycles. The van der Waals surface area contributed by atoms with Gasteiger partial charge in [-0.25, -0.2) is 0 Å². The molecular weight excluding hydrogens is 420 g/mol. The Morgan fingerprint density at radius 2 is 1.61 bits per heavy atom. The van der Waals surface area contributed by atoms with Gasteiger partial charge in [-0.15, -0.1) is 0 Å². The van der Waals surface area contributed by atoms with Crippen LogP contribution in [-0.2, 0) is 4.79 Å².